The van der Waals surface area contributed by atoms with Gasteiger partial charge in [-0.1, -0.05) is 30.1 Å². The Labute approximate surface area is 131 Å². The second kappa shape index (κ2) is 6.99. The number of hydrogen-bond acceptors (Lipinski definition) is 3. The number of benzene rings is 1. The molecule has 1 heterocycles. The maximum atomic E-state index is 6.09. The van der Waals surface area contributed by atoms with Gasteiger partial charge >= 0.3 is 0 Å². The quantitative estimate of drug-likeness (QED) is 0.863. The Morgan fingerprint density at radius 1 is 1.25 bits per heavy atom. The lowest BCUT2D eigenvalue weighted by atomic mass is 10.0. The van der Waals surface area contributed by atoms with E-state index in [1.807, 2.05) is 12.1 Å². The molecule has 20 heavy (non-hydrogen) atoms. The van der Waals surface area contributed by atoms with Gasteiger partial charge in [0.25, 0.3) is 0 Å². The number of nitrogens with zero attached hydrogens (tertiary/aromatic N) is 2. The van der Waals surface area contributed by atoms with Crippen molar-refractivity contribution in [3.8, 4) is 0 Å². The summed E-state index contributed by atoms with van der Waals surface area (Å²) in [5.41, 5.74) is 7.36. The Morgan fingerprint density at radius 3 is 2.30 bits per heavy atom. The van der Waals surface area contributed by atoms with Crippen molar-refractivity contribution < 1.29 is 0 Å². The van der Waals surface area contributed by atoms with Crippen LogP contribution in [0.1, 0.15) is 25.3 Å². The van der Waals surface area contributed by atoms with Crippen molar-refractivity contribution in [1.29, 1.82) is 0 Å². The molecule has 1 aromatic carbocycles. The summed E-state index contributed by atoms with van der Waals surface area (Å²) in [4.78, 5) is 4.90. The normalized spacial score (nSPS) is 17.9. The van der Waals surface area contributed by atoms with Crippen molar-refractivity contribution >= 4 is 28.9 Å². The molecule has 0 aromatic heterocycles. The average molecular weight is 316 g/mol. The molecule has 0 amide bonds. The maximum Gasteiger partial charge on any atom is 0.0693 e. The fourth-order valence-electron chi connectivity index (χ4n) is 2.82. The molecule has 0 atom stereocenters. The zero-order valence-electron chi connectivity index (χ0n) is 12.2. The van der Waals surface area contributed by atoms with Crippen LogP contribution in [0.4, 0.5) is 5.69 Å². The summed E-state index contributed by atoms with van der Waals surface area (Å²) in [6.07, 6.45) is 2.45. The second-order valence-corrected chi connectivity index (χ2v) is 6.37. The fraction of sp³-hybridized carbons (Fsp3) is 0.600. The van der Waals surface area contributed by atoms with E-state index in [0.29, 0.717) is 21.8 Å². The monoisotopic (exact) mass is 315 g/mol. The predicted octanol–water partition coefficient (Wildman–Crippen LogP) is 3.49. The smallest absolute Gasteiger partial charge is 0.0693 e. The van der Waals surface area contributed by atoms with Gasteiger partial charge in [-0.2, -0.15) is 0 Å². The average Bonchev–Trinajstić information content (AvgIpc) is 2.44. The third-order valence-corrected chi connectivity index (χ3v) is 4.82. The van der Waals surface area contributed by atoms with Crippen molar-refractivity contribution in [3.05, 3.63) is 27.7 Å². The number of piperidine rings is 1. The molecule has 1 aliphatic heterocycles. The molecule has 1 saturated heterocycles. The Morgan fingerprint density at radius 2 is 1.80 bits per heavy atom. The van der Waals surface area contributed by atoms with Gasteiger partial charge in [-0.3, -0.25) is 4.90 Å². The topological polar surface area (TPSA) is 32.5 Å². The molecule has 3 nitrogen and oxygen atoms in total. The van der Waals surface area contributed by atoms with Crippen molar-refractivity contribution in [2.45, 2.75) is 32.4 Å². The van der Waals surface area contributed by atoms with E-state index in [1.54, 1.807) is 0 Å². The summed E-state index contributed by atoms with van der Waals surface area (Å²) in [6.45, 7) is 6.61. The van der Waals surface area contributed by atoms with Gasteiger partial charge in [-0.05, 0) is 57.2 Å². The number of likely N-dealkylation sites (tertiary alicyclic amines) is 1. The van der Waals surface area contributed by atoms with E-state index in [9.17, 15) is 0 Å². The lowest BCUT2D eigenvalue weighted by Crippen LogP contribution is -2.42. The molecule has 1 aliphatic rings. The van der Waals surface area contributed by atoms with E-state index in [0.717, 1.165) is 18.7 Å². The molecule has 0 unspecified atom stereocenters. The first-order chi connectivity index (χ1) is 9.51. The molecule has 2 N–H and O–H groups in total. The maximum absolute atomic E-state index is 6.09. The van der Waals surface area contributed by atoms with Crippen molar-refractivity contribution in [2.75, 3.05) is 32.4 Å². The molecule has 1 fully saturated rings. The van der Waals surface area contributed by atoms with Crippen molar-refractivity contribution in [3.63, 3.8) is 0 Å². The van der Waals surface area contributed by atoms with Crippen LogP contribution in [0.15, 0.2) is 12.1 Å². The van der Waals surface area contributed by atoms with E-state index in [4.69, 9.17) is 28.9 Å². The Hall–Kier alpha value is -0.480. The van der Waals surface area contributed by atoms with Crippen LogP contribution >= 0.6 is 23.2 Å². The van der Waals surface area contributed by atoms with Gasteiger partial charge in [0.05, 0.1) is 15.7 Å². The SMILES string of the molecule is CCN1CCC(N(C)Cc2cc(Cl)c(N)c(Cl)c2)CC1. The zero-order valence-corrected chi connectivity index (χ0v) is 13.7. The molecule has 2 rings (SSSR count). The molecule has 112 valence electrons. The van der Waals surface area contributed by atoms with Crippen LogP contribution in [-0.4, -0.2) is 42.5 Å². The Kier molecular flexibility index (Phi) is 5.56. The lowest BCUT2D eigenvalue weighted by Gasteiger charge is -2.36. The number of nitrogens with two attached hydrogens (primary N) is 1. The molecule has 0 aliphatic carbocycles. The van der Waals surface area contributed by atoms with Gasteiger partial charge < -0.3 is 10.6 Å². The third kappa shape index (κ3) is 3.79. The summed E-state index contributed by atoms with van der Waals surface area (Å²) in [5.74, 6) is 0. The first-order valence-corrected chi connectivity index (χ1v) is 7.92. The highest BCUT2D eigenvalue weighted by atomic mass is 35.5. The van der Waals surface area contributed by atoms with Crippen LogP contribution in [0.25, 0.3) is 0 Å². The van der Waals surface area contributed by atoms with E-state index < -0.39 is 0 Å². The van der Waals surface area contributed by atoms with Crippen molar-refractivity contribution in [2.24, 2.45) is 0 Å². The molecule has 1 aromatic rings. The predicted molar refractivity (Wildman–Crippen MR) is 87.5 cm³/mol. The first kappa shape index (κ1) is 15.9. The summed E-state index contributed by atoms with van der Waals surface area (Å²) in [7, 11) is 2.17. The zero-order chi connectivity index (χ0) is 14.7. The number of nitrogen functional groups attached to an aromatic ring is 1. The van der Waals surface area contributed by atoms with Gasteiger partial charge in [0.15, 0.2) is 0 Å². The summed E-state index contributed by atoms with van der Waals surface area (Å²) in [5, 5.41) is 1.09. The number of anilines is 1. The molecule has 0 radical (unpaired) electrons. The second-order valence-electron chi connectivity index (χ2n) is 5.55. The summed E-state index contributed by atoms with van der Waals surface area (Å²) in [6, 6.07) is 4.47. The third-order valence-electron chi connectivity index (χ3n) is 4.20. The van der Waals surface area contributed by atoms with E-state index in [2.05, 4.69) is 23.8 Å². The van der Waals surface area contributed by atoms with E-state index in [1.165, 1.54) is 25.9 Å². The standard InChI is InChI=1S/C15H23Cl2N3/c1-3-20-6-4-12(5-7-20)19(2)10-11-8-13(16)15(18)14(17)9-11/h8-9,12H,3-7,10,18H2,1-2H3. The van der Waals surface area contributed by atoms with Gasteiger partial charge in [-0.25, -0.2) is 0 Å². The van der Waals surface area contributed by atoms with E-state index in [-0.39, 0.29) is 0 Å². The van der Waals surface area contributed by atoms with Gasteiger partial charge in [0, 0.05) is 12.6 Å². The van der Waals surface area contributed by atoms with E-state index >= 15 is 0 Å². The minimum absolute atomic E-state index is 0.469. The van der Waals surface area contributed by atoms with Crippen molar-refractivity contribution in [1.82, 2.24) is 9.80 Å². The number of hydrogen-bond donors (Lipinski definition) is 1. The molecular formula is C15H23Cl2N3. The fourth-order valence-corrected chi connectivity index (χ4v) is 3.35. The van der Waals surface area contributed by atoms with Crippen LogP contribution in [0.2, 0.25) is 10.0 Å². The van der Waals surface area contributed by atoms with Gasteiger partial charge in [0.2, 0.25) is 0 Å². The van der Waals surface area contributed by atoms with Gasteiger partial charge in [-0.15, -0.1) is 0 Å². The number of rotatable bonds is 4. The molecular weight excluding hydrogens is 293 g/mol. The molecule has 5 heteroatoms. The largest absolute Gasteiger partial charge is 0.396 e. The lowest BCUT2D eigenvalue weighted by molar-refractivity contribution is 0.127. The minimum atomic E-state index is 0.469. The molecule has 0 bridgehead atoms. The van der Waals surface area contributed by atoms with Crippen LogP contribution in [0.3, 0.4) is 0 Å². The van der Waals surface area contributed by atoms with Crippen LogP contribution in [-0.2, 0) is 6.54 Å². The number of halogens is 2. The Balaban J connectivity index is 1.96. The van der Waals surface area contributed by atoms with Crippen LogP contribution < -0.4 is 5.73 Å². The highest BCUT2D eigenvalue weighted by Crippen LogP contribution is 2.29. The van der Waals surface area contributed by atoms with Gasteiger partial charge in [0.1, 0.15) is 0 Å². The highest BCUT2D eigenvalue weighted by Gasteiger charge is 2.21. The summed E-state index contributed by atoms with van der Waals surface area (Å²) >= 11 is 12.2. The summed E-state index contributed by atoms with van der Waals surface area (Å²) < 4.78 is 0. The van der Waals surface area contributed by atoms with Crippen LogP contribution in [0, 0.1) is 0 Å². The molecule has 0 spiro atoms. The minimum Gasteiger partial charge on any atom is -0.396 e. The first-order valence-electron chi connectivity index (χ1n) is 7.17. The van der Waals surface area contributed by atoms with Crippen LogP contribution in [0.5, 0.6) is 0 Å². The molecule has 0 saturated carbocycles. The Bertz CT molecular complexity index is 433. The highest BCUT2D eigenvalue weighted by molar-refractivity contribution is 6.38.